The number of hydrogen-bond donors (Lipinski definition) is 3. The summed E-state index contributed by atoms with van der Waals surface area (Å²) in [5, 5.41) is 29.9. The van der Waals surface area contributed by atoms with E-state index in [0.717, 1.165) is 0 Å². The van der Waals surface area contributed by atoms with E-state index in [0.29, 0.717) is 22.4 Å². The van der Waals surface area contributed by atoms with Crippen LogP contribution in [0.15, 0.2) is 39.6 Å². The highest BCUT2D eigenvalue weighted by Crippen LogP contribution is 2.44. The minimum absolute atomic E-state index is 0.0750. The second-order valence-corrected chi connectivity index (χ2v) is 7.14. The van der Waals surface area contributed by atoms with Gasteiger partial charge < -0.3 is 24.5 Å². The molecule has 0 saturated heterocycles. The lowest BCUT2D eigenvalue weighted by Gasteiger charge is -2.29. The summed E-state index contributed by atoms with van der Waals surface area (Å²) in [4.78, 5) is 12.7. The minimum atomic E-state index is -0.557. The van der Waals surface area contributed by atoms with Gasteiger partial charge in [0.25, 0.3) is 0 Å². The maximum Gasteiger partial charge on any atom is 0.197 e. The van der Waals surface area contributed by atoms with Gasteiger partial charge in [-0.1, -0.05) is 0 Å². The van der Waals surface area contributed by atoms with Crippen molar-refractivity contribution in [3.63, 3.8) is 0 Å². The topological polar surface area (TPSA) is 100 Å². The number of benzene rings is 2. The molecular formula is C21H18O6. The molecule has 0 fully saturated rings. The van der Waals surface area contributed by atoms with Crippen molar-refractivity contribution < 1.29 is 24.5 Å². The summed E-state index contributed by atoms with van der Waals surface area (Å²) >= 11 is 0. The van der Waals surface area contributed by atoms with Crippen molar-refractivity contribution in [1.82, 2.24) is 0 Å². The highest BCUT2D eigenvalue weighted by molar-refractivity contribution is 5.96. The van der Waals surface area contributed by atoms with Gasteiger partial charge in [0, 0.05) is 17.2 Å². The van der Waals surface area contributed by atoms with Gasteiger partial charge in [-0.25, -0.2) is 0 Å². The molecule has 6 heteroatoms. The first-order valence-corrected chi connectivity index (χ1v) is 8.42. The van der Waals surface area contributed by atoms with Crippen LogP contribution in [0.25, 0.3) is 28.4 Å². The van der Waals surface area contributed by atoms with E-state index in [1.807, 2.05) is 26.0 Å². The van der Waals surface area contributed by atoms with Gasteiger partial charge in [0.05, 0.1) is 5.56 Å². The van der Waals surface area contributed by atoms with E-state index in [4.69, 9.17) is 9.15 Å². The normalized spacial score (nSPS) is 14.8. The van der Waals surface area contributed by atoms with Crippen molar-refractivity contribution in [1.29, 1.82) is 0 Å². The molecule has 3 aromatic rings. The van der Waals surface area contributed by atoms with Crippen molar-refractivity contribution in [2.45, 2.75) is 26.4 Å². The number of rotatable bonds is 1. The van der Waals surface area contributed by atoms with Gasteiger partial charge in [0.1, 0.15) is 28.2 Å². The molecule has 1 aliphatic rings. The lowest BCUT2D eigenvalue weighted by Crippen LogP contribution is -2.28. The molecule has 1 aliphatic heterocycles. The van der Waals surface area contributed by atoms with E-state index >= 15 is 0 Å². The van der Waals surface area contributed by atoms with Crippen LogP contribution in [0.5, 0.6) is 23.0 Å². The maximum absolute atomic E-state index is 12.7. The van der Waals surface area contributed by atoms with E-state index in [1.54, 1.807) is 6.92 Å². The largest absolute Gasteiger partial charge is 0.507 e. The second-order valence-electron chi connectivity index (χ2n) is 7.14. The molecule has 0 unspecified atom stereocenters. The van der Waals surface area contributed by atoms with Crippen LogP contribution in [-0.4, -0.2) is 20.9 Å². The Morgan fingerprint density at radius 3 is 2.48 bits per heavy atom. The molecule has 0 amide bonds. The molecule has 27 heavy (non-hydrogen) atoms. The van der Waals surface area contributed by atoms with Crippen molar-refractivity contribution >= 4 is 17.0 Å². The van der Waals surface area contributed by atoms with Crippen molar-refractivity contribution in [2.75, 3.05) is 0 Å². The Labute approximate surface area is 154 Å². The van der Waals surface area contributed by atoms with Crippen LogP contribution in [-0.2, 0) is 0 Å². The zero-order chi connectivity index (χ0) is 19.5. The smallest absolute Gasteiger partial charge is 0.197 e. The van der Waals surface area contributed by atoms with Gasteiger partial charge in [-0.05, 0) is 51.1 Å². The summed E-state index contributed by atoms with van der Waals surface area (Å²) in [7, 11) is 0. The second kappa shape index (κ2) is 5.54. The van der Waals surface area contributed by atoms with E-state index in [-0.39, 0.29) is 34.0 Å². The molecule has 0 atom stereocenters. The van der Waals surface area contributed by atoms with Gasteiger partial charge in [0.2, 0.25) is 0 Å². The molecule has 138 valence electrons. The van der Waals surface area contributed by atoms with E-state index in [9.17, 15) is 20.1 Å². The van der Waals surface area contributed by atoms with Crippen LogP contribution in [0.3, 0.4) is 0 Å². The van der Waals surface area contributed by atoms with Crippen molar-refractivity contribution in [3.8, 4) is 34.3 Å². The number of phenolic OH excluding ortho intramolecular Hbond substituents is 3. The highest BCUT2D eigenvalue weighted by Gasteiger charge is 2.29. The standard InChI is InChI=1S/C21H18O6/c1-10-18(25)17-15(24)9-16(11-4-5-13(22)14(23)8-11)26-20(17)12-6-7-21(2,3)27-19(10)12/h4-9,22-23,25H,1-3H3. The van der Waals surface area contributed by atoms with E-state index in [1.165, 1.54) is 24.3 Å². The summed E-state index contributed by atoms with van der Waals surface area (Å²) in [5.41, 5.74) is 0.687. The summed E-state index contributed by atoms with van der Waals surface area (Å²) in [6.07, 6.45) is 3.67. The van der Waals surface area contributed by atoms with Gasteiger partial charge in [-0.3, -0.25) is 4.79 Å². The van der Waals surface area contributed by atoms with Crippen LogP contribution >= 0.6 is 0 Å². The molecule has 0 spiro atoms. The predicted molar refractivity (Wildman–Crippen MR) is 101 cm³/mol. The zero-order valence-corrected chi connectivity index (χ0v) is 15.0. The molecule has 0 radical (unpaired) electrons. The third kappa shape index (κ3) is 2.61. The number of phenols is 3. The Kier molecular flexibility index (Phi) is 3.49. The van der Waals surface area contributed by atoms with Gasteiger partial charge in [-0.2, -0.15) is 0 Å². The summed E-state index contributed by atoms with van der Waals surface area (Å²) in [5.74, 6) is -0.114. The van der Waals surface area contributed by atoms with Crippen LogP contribution in [0, 0.1) is 6.92 Å². The van der Waals surface area contributed by atoms with Gasteiger partial charge >= 0.3 is 0 Å². The maximum atomic E-state index is 12.7. The third-order valence-corrected chi connectivity index (χ3v) is 4.65. The Balaban J connectivity index is 2.06. The minimum Gasteiger partial charge on any atom is -0.507 e. The molecule has 1 aromatic heterocycles. The van der Waals surface area contributed by atoms with E-state index in [2.05, 4.69) is 0 Å². The molecule has 4 rings (SSSR count). The Morgan fingerprint density at radius 1 is 1.04 bits per heavy atom. The number of ether oxygens (including phenoxy) is 1. The van der Waals surface area contributed by atoms with Gasteiger partial charge in [-0.15, -0.1) is 0 Å². The Morgan fingerprint density at radius 2 is 1.78 bits per heavy atom. The summed E-state index contributed by atoms with van der Waals surface area (Å²) < 4.78 is 11.9. The summed E-state index contributed by atoms with van der Waals surface area (Å²) in [6.45, 7) is 5.46. The van der Waals surface area contributed by atoms with Crippen LogP contribution < -0.4 is 10.2 Å². The summed E-state index contributed by atoms with van der Waals surface area (Å²) in [6, 6.07) is 5.38. The lowest BCUT2D eigenvalue weighted by molar-refractivity contribution is 0.157. The molecule has 3 N–H and O–H groups in total. The SMILES string of the molecule is Cc1c2c(c3oc(-c4ccc(O)c(O)c4)cc(=O)c3c1O)C=CC(C)(C)O2. The van der Waals surface area contributed by atoms with Crippen molar-refractivity contribution in [2.24, 2.45) is 0 Å². The first kappa shape index (κ1) is 17.0. The lowest BCUT2D eigenvalue weighted by atomic mass is 9.96. The quantitative estimate of drug-likeness (QED) is 0.561. The molecule has 0 aliphatic carbocycles. The number of hydrogen-bond acceptors (Lipinski definition) is 6. The van der Waals surface area contributed by atoms with E-state index < -0.39 is 11.0 Å². The average Bonchev–Trinajstić information content (AvgIpc) is 2.60. The molecule has 6 nitrogen and oxygen atoms in total. The van der Waals surface area contributed by atoms with Crippen LogP contribution in [0.4, 0.5) is 0 Å². The molecule has 0 bridgehead atoms. The highest BCUT2D eigenvalue weighted by atomic mass is 16.5. The fourth-order valence-electron chi connectivity index (χ4n) is 3.19. The van der Waals surface area contributed by atoms with Crippen LogP contribution in [0.1, 0.15) is 25.0 Å². The fraction of sp³-hybridized carbons (Fsp3) is 0.190. The first-order valence-electron chi connectivity index (χ1n) is 8.42. The molecule has 2 heterocycles. The fourth-order valence-corrected chi connectivity index (χ4v) is 3.19. The molecule has 0 saturated carbocycles. The Bertz CT molecular complexity index is 1180. The predicted octanol–water partition coefficient (Wildman–Crippen LogP) is 4.07. The third-order valence-electron chi connectivity index (χ3n) is 4.65. The number of fused-ring (bicyclic) bond motifs is 3. The van der Waals surface area contributed by atoms with Crippen LogP contribution in [0.2, 0.25) is 0 Å². The average molecular weight is 366 g/mol. The first-order chi connectivity index (χ1) is 12.7. The monoisotopic (exact) mass is 366 g/mol. The molecular weight excluding hydrogens is 348 g/mol. The Hall–Kier alpha value is -3.41. The molecule has 2 aromatic carbocycles. The number of aromatic hydroxyl groups is 3. The van der Waals surface area contributed by atoms with Crippen molar-refractivity contribution in [3.05, 3.63) is 51.7 Å². The van der Waals surface area contributed by atoms with Gasteiger partial charge in [0.15, 0.2) is 22.5 Å². The zero-order valence-electron chi connectivity index (χ0n) is 15.0.